The van der Waals surface area contributed by atoms with Crippen molar-refractivity contribution in [3.05, 3.63) is 83.4 Å². The first-order chi connectivity index (χ1) is 13.1. The number of nitrogens with one attached hydrogen (secondary N) is 1. The molecule has 6 heteroatoms. The van der Waals surface area contributed by atoms with Crippen LogP contribution in [0.25, 0.3) is 5.69 Å². The minimum Gasteiger partial charge on any atom is -0.484 e. The van der Waals surface area contributed by atoms with Crippen LogP contribution in [0, 0.1) is 19.7 Å². The smallest absolute Gasteiger partial charge is 0.277 e. The van der Waals surface area contributed by atoms with Gasteiger partial charge in [-0.15, -0.1) is 0 Å². The Morgan fingerprint density at radius 3 is 2.59 bits per heavy atom. The monoisotopic (exact) mass is 365 g/mol. The minimum atomic E-state index is -0.363. The highest BCUT2D eigenvalue weighted by Crippen LogP contribution is 2.21. The molecule has 0 fully saturated rings. The Bertz CT molecular complexity index is 965. The summed E-state index contributed by atoms with van der Waals surface area (Å²) in [5.74, 6) is -0.0442. The summed E-state index contributed by atoms with van der Waals surface area (Å²) in [6.45, 7) is 3.64. The average molecular weight is 365 g/mol. The van der Waals surface area contributed by atoms with Gasteiger partial charge >= 0.3 is 0 Å². The lowest BCUT2D eigenvalue weighted by molar-refractivity contribution is -0.123. The normalized spacial score (nSPS) is 10.9. The van der Waals surface area contributed by atoms with E-state index in [4.69, 9.17) is 4.74 Å². The summed E-state index contributed by atoms with van der Waals surface area (Å²) in [7, 11) is 0. The number of aryl methyl sites for hydroxylation is 1. The number of hydrogen-bond donors (Lipinski definition) is 1. The van der Waals surface area contributed by atoms with E-state index in [1.807, 2.05) is 42.7 Å². The fraction of sp³-hybridized carbons (Fsp3) is 0.143. The Morgan fingerprint density at radius 2 is 1.85 bits per heavy atom. The van der Waals surface area contributed by atoms with Gasteiger partial charge in [0.25, 0.3) is 5.91 Å². The average Bonchev–Trinajstić information content (AvgIpc) is 2.95. The van der Waals surface area contributed by atoms with Gasteiger partial charge in [0.1, 0.15) is 11.6 Å². The lowest BCUT2D eigenvalue weighted by atomic mass is 10.2. The number of rotatable bonds is 6. The quantitative estimate of drug-likeness (QED) is 0.534. The van der Waals surface area contributed by atoms with Crippen LogP contribution in [0.4, 0.5) is 4.39 Å². The highest BCUT2D eigenvalue weighted by atomic mass is 19.1. The van der Waals surface area contributed by atoms with Gasteiger partial charge in [0.2, 0.25) is 0 Å². The van der Waals surface area contributed by atoms with E-state index >= 15 is 0 Å². The Morgan fingerprint density at radius 1 is 1.15 bits per heavy atom. The summed E-state index contributed by atoms with van der Waals surface area (Å²) >= 11 is 0. The first-order valence-corrected chi connectivity index (χ1v) is 8.50. The van der Waals surface area contributed by atoms with Gasteiger partial charge < -0.3 is 9.30 Å². The third-order valence-corrected chi connectivity index (χ3v) is 4.07. The highest BCUT2D eigenvalue weighted by molar-refractivity contribution is 5.84. The van der Waals surface area contributed by atoms with E-state index in [-0.39, 0.29) is 18.3 Å². The maximum atomic E-state index is 14.1. The third-order valence-electron chi connectivity index (χ3n) is 4.07. The first kappa shape index (κ1) is 18.4. The molecule has 2 aromatic carbocycles. The van der Waals surface area contributed by atoms with Gasteiger partial charge in [0.05, 0.1) is 11.9 Å². The topological polar surface area (TPSA) is 55.6 Å². The molecule has 0 radical (unpaired) electrons. The molecular formula is C21H20FN3O2. The molecule has 3 rings (SSSR count). The second-order valence-electron chi connectivity index (χ2n) is 6.01. The van der Waals surface area contributed by atoms with E-state index in [2.05, 4.69) is 10.5 Å². The molecule has 0 atom stereocenters. The molecule has 5 nitrogen and oxygen atoms in total. The van der Waals surface area contributed by atoms with Gasteiger partial charge in [-0.3, -0.25) is 4.79 Å². The number of ether oxygens (including phenoxy) is 1. The molecule has 0 saturated carbocycles. The molecule has 0 unspecified atom stereocenters. The molecule has 1 aromatic heterocycles. The number of halogens is 1. The number of carbonyl (C=O) groups excluding carboxylic acids is 1. The van der Waals surface area contributed by atoms with E-state index < -0.39 is 0 Å². The number of hydrazone groups is 1. The molecule has 0 aliphatic carbocycles. The fourth-order valence-corrected chi connectivity index (χ4v) is 2.79. The van der Waals surface area contributed by atoms with Crippen LogP contribution < -0.4 is 10.2 Å². The molecule has 0 bridgehead atoms. The van der Waals surface area contributed by atoms with E-state index in [0.717, 1.165) is 17.0 Å². The van der Waals surface area contributed by atoms with E-state index in [9.17, 15) is 9.18 Å². The number of para-hydroxylation sites is 2. The van der Waals surface area contributed by atoms with Crippen LogP contribution in [0.15, 0.2) is 65.8 Å². The summed E-state index contributed by atoms with van der Waals surface area (Å²) in [5.41, 5.74) is 5.40. The van der Waals surface area contributed by atoms with Crippen LogP contribution in [-0.2, 0) is 4.79 Å². The van der Waals surface area contributed by atoms with Crippen LogP contribution in [0.5, 0.6) is 5.75 Å². The van der Waals surface area contributed by atoms with Crippen LogP contribution in [-0.4, -0.2) is 23.3 Å². The number of carbonyl (C=O) groups is 1. The van der Waals surface area contributed by atoms with Gasteiger partial charge in [-0.2, -0.15) is 5.10 Å². The molecule has 0 aliphatic rings. The van der Waals surface area contributed by atoms with Crippen molar-refractivity contribution in [2.45, 2.75) is 13.8 Å². The highest BCUT2D eigenvalue weighted by Gasteiger charge is 2.12. The van der Waals surface area contributed by atoms with Crippen molar-refractivity contribution in [2.24, 2.45) is 5.10 Å². The van der Waals surface area contributed by atoms with Crippen molar-refractivity contribution < 1.29 is 13.9 Å². The Hall–Kier alpha value is -3.41. The van der Waals surface area contributed by atoms with Gasteiger partial charge in [-0.05, 0) is 44.2 Å². The number of hydrogen-bond acceptors (Lipinski definition) is 3. The molecule has 0 saturated heterocycles. The molecule has 1 heterocycles. The molecule has 0 aliphatic heterocycles. The zero-order valence-electron chi connectivity index (χ0n) is 15.1. The van der Waals surface area contributed by atoms with Gasteiger partial charge in [-0.1, -0.05) is 30.3 Å². The SMILES string of the molecule is Cc1cc(/C=N/NC(=O)COc2ccccc2)c(C)n1-c1ccccc1F. The van der Waals surface area contributed by atoms with Crippen molar-refractivity contribution in [3.63, 3.8) is 0 Å². The number of aromatic nitrogens is 1. The molecule has 3 aromatic rings. The predicted octanol–water partition coefficient (Wildman–Crippen LogP) is 3.76. The summed E-state index contributed by atoms with van der Waals surface area (Å²) in [5, 5.41) is 3.97. The first-order valence-electron chi connectivity index (χ1n) is 8.50. The molecule has 0 spiro atoms. The Kier molecular flexibility index (Phi) is 5.66. The number of nitrogens with zero attached hydrogens (tertiary/aromatic N) is 2. The van der Waals surface area contributed by atoms with Crippen molar-refractivity contribution in [1.29, 1.82) is 0 Å². The van der Waals surface area contributed by atoms with Crippen LogP contribution in [0.2, 0.25) is 0 Å². The van der Waals surface area contributed by atoms with E-state index in [1.54, 1.807) is 36.5 Å². The Labute approximate surface area is 157 Å². The van der Waals surface area contributed by atoms with E-state index in [0.29, 0.717) is 11.4 Å². The summed E-state index contributed by atoms with van der Waals surface area (Å²) < 4.78 is 21.3. The Balaban J connectivity index is 1.65. The van der Waals surface area contributed by atoms with Crippen molar-refractivity contribution in [2.75, 3.05) is 6.61 Å². The lowest BCUT2D eigenvalue weighted by Crippen LogP contribution is -2.24. The second-order valence-corrected chi connectivity index (χ2v) is 6.01. The maximum Gasteiger partial charge on any atom is 0.277 e. The standard InChI is InChI=1S/C21H20FN3O2/c1-15-12-17(16(2)25(15)20-11-7-6-10-19(20)22)13-23-24-21(26)14-27-18-8-4-3-5-9-18/h3-13H,14H2,1-2H3,(H,24,26)/b23-13+. The van der Waals surface area contributed by atoms with Gasteiger partial charge in [-0.25, -0.2) is 9.82 Å². The maximum absolute atomic E-state index is 14.1. The predicted molar refractivity (Wildman–Crippen MR) is 103 cm³/mol. The van der Waals surface area contributed by atoms with Gasteiger partial charge in [0, 0.05) is 17.0 Å². The third kappa shape index (κ3) is 4.41. The largest absolute Gasteiger partial charge is 0.484 e. The van der Waals surface area contributed by atoms with Crippen LogP contribution >= 0.6 is 0 Å². The fourth-order valence-electron chi connectivity index (χ4n) is 2.79. The number of amides is 1. The summed E-state index contributed by atoms with van der Waals surface area (Å²) in [6.07, 6.45) is 1.54. The van der Waals surface area contributed by atoms with Crippen LogP contribution in [0.3, 0.4) is 0 Å². The molecule has 1 N–H and O–H groups in total. The number of benzene rings is 2. The molecule has 27 heavy (non-hydrogen) atoms. The van der Waals surface area contributed by atoms with Crippen LogP contribution in [0.1, 0.15) is 17.0 Å². The van der Waals surface area contributed by atoms with E-state index in [1.165, 1.54) is 6.07 Å². The zero-order valence-corrected chi connectivity index (χ0v) is 15.1. The lowest BCUT2D eigenvalue weighted by Gasteiger charge is -2.10. The molecule has 1 amide bonds. The molecule has 138 valence electrons. The summed E-state index contributed by atoms with van der Waals surface area (Å²) in [4.78, 5) is 11.8. The van der Waals surface area contributed by atoms with Crippen molar-refractivity contribution in [1.82, 2.24) is 9.99 Å². The minimum absolute atomic E-state index is 0.129. The molecular weight excluding hydrogens is 345 g/mol. The second kappa shape index (κ2) is 8.31. The van der Waals surface area contributed by atoms with Crippen molar-refractivity contribution in [3.8, 4) is 11.4 Å². The zero-order chi connectivity index (χ0) is 19.2. The van der Waals surface area contributed by atoms with Crippen molar-refractivity contribution >= 4 is 12.1 Å². The van der Waals surface area contributed by atoms with Gasteiger partial charge in [0.15, 0.2) is 6.61 Å². The summed E-state index contributed by atoms with van der Waals surface area (Å²) in [6, 6.07) is 17.6.